The van der Waals surface area contributed by atoms with Gasteiger partial charge >= 0.3 is 0 Å². The normalized spacial score (nSPS) is 16.6. The summed E-state index contributed by atoms with van der Waals surface area (Å²) in [6.45, 7) is 0. The monoisotopic (exact) mass is 772 g/mol. The lowest BCUT2D eigenvalue weighted by Gasteiger charge is -2.37. The lowest BCUT2D eigenvalue weighted by atomic mass is 9.66. The van der Waals surface area contributed by atoms with E-state index in [4.69, 9.17) is 9.97 Å². The van der Waals surface area contributed by atoms with Gasteiger partial charge in [0.1, 0.15) is 0 Å². The summed E-state index contributed by atoms with van der Waals surface area (Å²) in [5.74, 6) is 0.732. The van der Waals surface area contributed by atoms with Gasteiger partial charge in [0.25, 0.3) is 0 Å². The molecular weight excluding hydrogens is 725 g/mol. The average Bonchev–Trinajstić information content (AvgIpc) is 3.73. The van der Waals surface area contributed by atoms with Crippen molar-refractivity contribution in [2.24, 2.45) is 0 Å². The molecule has 0 unspecified atom stereocenters. The standard InChI is InChI=1S/C58H48N2/c1-5-16-41(17-6-1)54-38-55(60-56(59-54)42-18-7-2-8-19-42)45-21-15-20-43(34-45)39-24-26-40(27-25-39)44-28-29-51-47(35-44)49-37-52-48(36-53(49)58(51)32-13-4-14-33-58)46-22-9-10-23-50(46)57(52)30-11-3-12-31-57/h1-2,5-10,15-29,34-38H,3-4,11-14,30-33H2. The Morgan fingerprint density at radius 3 is 1.40 bits per heavy atom. The predicted octanol–water partition coefficient (Wildman–Crippen LogP) is 15.3. The van der Waals surface area contributed by atoms with Gasteiger partial charge in [0, 0.05) is 27.5 Å². The van der Waals surface area contributed by atoms with Crippen molar-refractivity contribution in [3.8, 4) is 78.4 Å². The summed E-state index contributed by atoms with van der Waals surface area (Å²) >= 11 is 0. The molecule has 0 bridgehead atoms. The summed E-state index contributed by atoms with van der Waals surface area (Å²) in [5, 5.41) is 0. The number of aromatic nitrogens is 2. The van der Waals surface area contributed by atoms with Crippen molar-refractivity contribution in [1.29, 1.82) is 0 Å². The van der Waals surface area contributed by atoms with Crippen LogP contribution in [-0.2, 0) is 10.8 Å². The van der Waals surface area contributed by atoms with E-state index in [9.17, 15) is 0 Å². The Balaban J connectivity index is 0.911. The molecule has 7 aromatic carbocycles. The fraction of sp³-hybridized carbons (Fsp3) is 0.207. The van der Waals surface area contributed by atoms with E-state index in [0.29, 0.717) is 0 Å². The van der Waals surface area contributed by atoms with Crippen LogP contribution >= 0.6 is 0 Å². The lowest BCUT2D eigenvalue weighted by Crippen LogP contribution is -2.29. The van der Waals surface area contributed by atoms with Crippen LogP contribution in [0.1, 0.15) is 86.5 Å². The first-order chi connectivity index (χ1) is 29.7. The van der Waals surface area contributed by atoms with Gasteiger partial charge in [-0.1, -0.05) is 178 Å². The first-order valence-corrected chi connectivity index (χ1v) is 22.3. The Kier molecular flexibility index (Phi) is 8.37. The van der Waals surface area contributed by atoms with Crippen LogP contribution < -0.4 is 0 Å². The van der Waals surface area contributed by atoms with Crippen LogP contribution in [0.15, 0.2) is 170 Å². The van der Waals surface area contributed by atoms with Crippen molar-refractivity contribution in [2.45, 2.75) is 75.0 Å². The fourth-order valence-corrected chi connectivity index (χ4v) is 11.8. The second-order valence-electron chi connectivity index (χ2n) is 17.9. The summed E-state index contributed by atoms with van der Waals surface area (Å²) in [6.07, 6.45) is 13.0. The second kappa shape index (κ2) is 14.1. The SMILES string of the molecule is c1ccc(-c2cc(-c3cccc(-c4ccc(-c5ccc6c(c5)-c5cc7c(cc5C65CCCCC5)-c5ccccc5C75CCCCC5)cc4)c3)nc(-c3ccccc3)n2)cc1. The molecule has 60 heavy (non-hydrogen) atoms. The Morgan fingerprint density at radius 2 is 0.750 bits per heavy atom. The predicted molar refractivity (Wildman–Crippen MR) is 248 cm³/mol. The van der Waals surface area contributed by atoms with Gasteiger partial charge in [0.2, 0.25) is 0 Å². The van der Waals surface area contributed by atoms with Gasteiger partial charge in [0.05, 0.1) is 11.4 Å². The third kappa shape index (κ3) is 5.60. The van der Waals surface area contributed by atoms with Gasteiger partial charge in [-0.2, -0.15) is 0 Å². The number of rotatable bonds is 5. The summed E-state index contributed by atoms with van der Waals surface area (Å²) in [6, 6.07) is 63.1. The maximum absolute atomic E-state index is 5.11. The molecule has 0 aliphatic heterocycles. The van der Waals surface area contributed by atoms with Crippen molar-refractivity contribution in [2.75, 3.05) is 0 Å². The molecule has 12 rings (SSSR count). The van der Waals surface area contributed by atoms with Crippen molar-refractivity contribution >= 4 is 0 Å². The van der Waals surface area contributed by atoms with E-state index in [1.165, 1.54) is 109 Å². The lowest BCUT2D eigenvalue weighted by molar-refractivity contribution is 0.350. The van der Waals surface area contributed by atoms with Gasteiger partial charge in [0.15, 0.2) is 5.82 Å². The Hall–Kier alpha value is -6.38. The molecule has 0 saturated heterocycles. The van der Waals surface area contributed by atoms with Gasteiger partial charge in [-0.15, -0.1) is 0 Å². The minimum atomic E-state index is 0.121. The van der Waals surface area contributed by atoms with E-state index in [2.05, 4.69) is 146 Å². The van der Waals surface area contributed by atoms with Crippen molar-refractivity contribution in [1.82, 2.24) is 9.97 Å². The molecule has 2 nitrogen and oxygen atoms in total. The zero-order valence-electron chi connectivity index (χ0n) is 34.1. The highest BCUT2D eigenvalue weighted by atomic mass is 14.9. The van der Waals surface area contributed by atoms with Gasteiger partial charge in [-0.25, -0.2) is 9.97 Å². The largest absolute Gasteiger partial charge is 0.228 e. The Morgan fingerprint density at radius 1 is 0.283 bits per heavy atom. The first kappa shape index (κ1) is 35.6. The molecule has 0 radical (unpaired) electrons. The zero-order valence-corrected chi connectivity index (χ0v) is 34.1. The molecule has 8 aromatic rings. The summed E-state index contributed by atoms with van der Waals surface area (Å²) in [4.78, 5) is 10.1. The number of hydrogen-bond donors (Lipinski definition) is 0. The third-order valence-corrected chi connectivity index (χ3v) is 14.7. The second-order valence-corrected chi connectivity index (χ2v) is 17.9. The number of hydrogen-bond acceptors (Lipinski definition) is 2. The molecule has 1 aromatic heterocycles. The summed E-state index contributed by atoms with van der Waals surface area (Å²) in [7, 11) is 0. The van der Waals surface area contributed by atoms with Crippen LogP contribution in [-0.4, -0.2) is 9.97 Å². The molecule has 290 valence electrons. The molecule has 4 aliphatic rings. The van der Waals surface area contributed by atoms with E-state index >= 15 is 0 Å². The molecule has 0 atom stereocenters. The van der Waals surface area contributed by atoms with Crippen LogP contribution in [0.2, 0.25) is 0 Å². The van der Waals surface area contributed by atoms with E-state index in [-0.39, 0.29) is 10.8 Å². The number of nitrogens with zero attached hydrogens (tertiary/aromatic N) is 2. The van der Waals surface area contributed by atoms with E-state index in [1.807, 2.05) is 24.3 Å². The van der Waals surface area contributed by atoms with Crippen molar-refractivity contribution in [3.05, 3.63) is 192 Å². The molecule has 4 aliphatic carbocycles. The minimum Gasteiger partial charge on any atom is -0.228 e. The molecule has 2 heteroatoms. The maximum atomic E-state index is 5.11. The molecule has 2 saturated carbocycles. The maximum Gasteiger partial charge on any atom is 0.160 e. The van der Waals surface area contributed by atoms with Gasteiger partial charge in [-0.3, -0.25) is 0 Å². The number of benzene rings is 7. The van der Waals surface area contributed by atoms with E-state index < -0.39 is 0 Å². The van der Waals surface area contributed by atoms with Crippen LogP contribution in [0.5, 0.6) is 0 Å². The minimum absolute atomic E-state index is 0.121. The Bertz CT molecular complexity index is 2850. The van der Waals surface area contributed by atoms with Crippen LogP contribution in [0.4, 0.5) is 0 Å². The topological polar surface area (TPSA) is 25.8 Å². The smallest absolute Gasteiger partial charge is 0.160 e. The van der Waals surface area contributed by atoms with Crippen molar-refractivity contribution in [3.63, 3.8) is 0 Å². The van der Waals surface area contributed by atoms with Crippen LogP contribution in [0.3, 0.4) is 0 Å². The Labute approximate surface area is 354 Å². The molecule has 0 amide bonds. The molecule has 2 fully saturated rings. The zero-order chi connectivity index (χ0) is 39.7. The number of fused-ring (bicyclic) bond motifs is 10. The molecule has 0 N–H and O–H groups in total. The molecule has 2 spiro atoms. The first-order valence-electron chi connectivity index (χ1n) is 22.3. The van der Waals surface area contributed by atoms with E-state index in [0.717, 1.165) is 33.9 Å². The molecular formula is C58H48N2. The van der Waals surface area contributed by atoms with Crippen molar-refractivity contribution < 1.29 is 0 Å². The van der Waals surface area contributed by atoms with Gasteiger partial charge < -0.3 is 0 Å². The van der Waals surface area contributed by atoms with Crippen LogP contribution in [0.25, 0.3) is 78.4 Å². The average molecular weight is 773 g/mol. The highest BCUT2D eigenvalue weighted by Gasteiger charge is 2.48. The highest BCUT2D eigenvalue weighted by molar-refractivity contribution is 5.91. The third-order valence-electron chi connectivity index (χ3n) is 14.7. The molecule has 1 heterocycles. The highest BCUT2D eigenvalue weighted by Crippen LogP contribution is 2.62. The fourth-order valence-electron chi connectivity index (χ4n) is 11.8. The quantitative estimate of drug-likeness (QED) is 0.174. The van der Waals surface area contributed by atoms with Gasteiger partial charge in [-0.05, 0) is 123 Å². The van der Waals surface area contributed by atoms with Crippen LogP contribution in [0, 0.1) is 0 Å². The summed E-state index contributed by atoms with van der Waals surface area (Å²) < 4.78 is 0. The summed E-state index contributed by atoms with van der Waals surface area (Å²) in [5.41, 5.74) is 22.6. The van der Waals surface area contributed by atoms with E-state index in [1.54, 1.807) is 22.3 Å².